The van der Waals surface area contributed by atoms with Crippen molar-refractivity contribution in [2.75, 3.05) is 50.6 Å². The maximum absolute atomic E-state index is 9.09. The average Bonchev–Trinajstić information content (AvgIpc) is 2.36. The molecule has 17 heavy (non-hydrogen) atoms. The number of hydrogen-bond acceptors (Lipinski definition) is 3. The van der Waals surface area contributed by atoms with Crippen molar-refractivity contribution >= 4 is 17.3 Å². The molecule has 0 atom stereocenters. The molecular weight excluding hydrogens is 236 g/mol. The summed E-state index contributed by atoms with van der Waals surface area (Å²) in [4.78, 5) is 4.38. The molecule has 0 unspecified atom stereocenters. The first-order valence-corrected chi connectivity index (χ1v) is 6.46. The quantitative estimate of drug-likeness (QED) is 0.717. The SMILES string of the molecule is CN(CCCl)CCN(CCO)c1ccccc1. The minimum Gasteiger partial charge on any atom is -0.395 e. The van der Waals surface area contributed by atoms with Gasteiger partial charge in [-0.15, -0.1) is 11.6 Å². The van der Waals surface area contributed by atoms with E-state index >= 15 is 0 Å². The minimum atomic E-state index is 0.175. The fourth-order valence-electron chi connectivity index (χ4n) is 1.68. The lowest BCUT2D eigenvalue weighted by Crippen LogP contribution is -2.35. The Kier molecular flexibility index (Phi) is 7.01. The summed E-state index contributed by atoms with van der Waals surface area (Å²) in [5, 5.41) is 9.09. The molecule has 1 aromatic carbocycles. The van der Waals surface area contributed by atoms with Crippen molar-refractivity contribution in [3.05, 3.63) is 30.3 Å². The second-order valence-electron chi connectivity index (χ2n) is 4.04. The van der Waals surface area contributed by atoms with E-state index in [4.69, 9.17) is 16.7 Å². The normalized spacial score (nSPS) is 10.8. The molecule has 4 heteroatoms. The van der Waals surface area contributed by atoms with Crippen LogP contribution in [0.1, 0.15) is 0 Å². The topological polar surface area (TPSA) is 26.7 Å². The Labute approximate surface area is 109 Å². The maximum Gasteiger partial charge on any atom is 0.0606 e. The lowest BCUT2D eigenvalue weighted by Gasteiger charge is -2.26. The number of para-hydroxylation sites is 1. The number of rotatable bonds is 8. The van der Waals surface area contributed by atoms with Gasteiger partial charge in [0.05, 0.1) is 6.61 Å². The molecule has 0 aliphatic rings. The molecule has 0 aliphatic carbocycles. The molecule has 0 fully saturated rings. The highest BCUT2D eigenvalue weighted by Gasteiger charge is 2.06. The fourth-order valence-corrected chi connectivity index (χ4v) is 1.97. The van der Waals surface area contributed by atoms with Crippen molar-refractivity contribution in [1.82, 2.24) is 4.90 Å². The largest absolute Gasteiger partial charge is 0.395 e. The Morgan fingerprint density at radius 1 is 1.06 bits per heavy atom. The summed E-state index contributed by atoms with van der Waals surface area (Å²) >= 11 is 5.69. The van der Waals surface area contributed by atoms with Crippen LogP contribution in [0, 0.1) is 0 Å². The van der Waals surface area contributed by atoms with E-state index in [1.165, 1.54) is 0 Å². The predicted molar refractivity (Wildman–Crippen MR) is 74.0 cm³/mol. The van der Waals surface area contributed by atoms with Gasteiger partial charge in [-0.3, -0.25) is 0 Å². The minimum absolute atomic E-state index is 0.175. The van der Waals surface area contributed by atoms with Crippen LogP contribution in [0.15, 0.2) is 30.3 Å². The van der Waals surface area contributed by atoms with Crippen molar-refractivity contribution in [2.45, 2.75) is 0 Å². The van der Waals surface area contributed by atoms with Crippen LogP contribution in [0.4, 0.5) is 5.69 Å². The molecule has 96 valence electrons. The first kappa shape index (κ1) is 14.3. The number of likely N-dealkylation sites (N-methyl/N-ethyl adjacent to an activating group) is 1. The molecule has 0 aromatic heterocycles. The maximum atomic E-state index is 9.09. The molecule has 0 amide bonds. The second-order valence-corrected chi connectivity index (χ2v) is 4.42. The third kappa shape index (κ3) is 5.39. The molecule has 1 rings (SSSR count). The Morgan fingerprint density at radius 3 is 2.35 bits per heavy atom. The lowest BCUT2D eigenvalue weighted by molar-refractivity contribution is 0.296. The molecule has 0 saturated carbocycles. The zero-order valence-corrected chi connectivity index (χ0v) is 11.1. The van der Waals surface area contributed by atoms with Crippen LogP contribution >= 0.6 is 11.6 Å². The zero-order valence-electron chi connectivity index (χ0n) is 10.3. The third-order valence-corrected chi connectivity index (χ3v) is 2.88. The number of anilines is 1. The Balaban J connectivity index is 2.49. The fraction of sp³-hybridized carbons (Fsp3) is 0.538. The van der Waals surface area contributed by atoms with Gasteiger partial charge in [0.15, 0.2) is 0 Å². The van der Waals surface area contributed by atoms with Gasteiger partial charge >= 0.3 is 0 Å². The van der Waals surface area contributed by atoms with Crippen LogP contribution in [0.3, 0.4) is 0 Å². The van der Waals surface area contributed by atoms with Gasteiger partial charge in [0.2, 0.25) is 0 Å². The van der Waals surface area contributed by atoms with Gasteiger partial charge in [0, 0.05) is 37.7 Å². The molecule has 0 spiro atoms. The molecule has 0 radical (unpaired) electrons. The van der Waals surface area contributed by atoms with E-state index in [0.29, 0.717) is 12.4 Å². The van der Waals surface area contributed by atoms with Crippen LogP contribution in [0.5, 0.6) is 0 Å². The number of halogens is 1. The van der Waals surface area contributed by atoms with Crippen LogP contribution in [0.25, 0.3) is 0 Å². The van der Waals surface area contributed by atoms with Crippen molar-refractivity contribution in [1.29, 1.82) is 0 Å². The summed E-state index contributed by atoms with van der Waals surface area (Å²) in [6, 6.07) is 10.2. The van der Waals surface area contributed by atoms with E-state index in [0.717, 1.165) is 25.3 Å². The molecule has 0 heterocycles. The van der Waals surface area contributed by atoms with Gasteiger partial charge < -0.3 is 14.9 Å². The molecule has 1 aromatic rings. The summed E-state index contributed by atoms with van der Waals surface area (Å²) in [6.45, 7) is 3.58. The van der Waals surface area contributed by atoms with Gasteiger partial charge in [0.25, 0.3) is 0 Å². The smallest absolute Gasteiger partial charge is 0.0606 e. The van der Waals surface area contributed by atoms with Gasteiger partial charge in [-0.25, -0.2) is 0 Å². The Hall–Kier alpha value is -0.770. The predicted octanol–water partition coefficient (Wildman–Crippen LogP) is 1.66. The number of aliphatic hydroxyl groups is 1. The van der Waals surface area contributed by atoms with Crippen molar-refractivity contribution < 1.29 is 5.11 Å². The van der Waals surface area contributed by atoms with Crippen LogP contribution in [-0.4, -0.2) is 55.7 Å². The number of hydrogen-bond donors (Lipinski definition) is 1. The molecule has 1 N–H and O–H groups in total. The van der Waals surface area contributed by atoms with Crippen molar-refractivity contribution in [3.63, 3.8) is 0 Å². The summed E-state index contributed by atoms with van der Waals surface area (Å²) in [6.07, 6.45) is 0. The van der Waals surface area contributed by atoms with Gasteiger partial charge in [-0.1, -0.05) is 18.2 Å². The highest BCUT2D eigenvalue weighted by molar-refractivity contribution is 6.18. The van der Waals surface area contributed by atoms with Crippen LogP contribution in [0.2, 0.25) is 0 Å². The average molecular weight is 257 g/mol. The van der Waals surface area contributed by atoms with Crippen LogP contribution < -0.4 is 4.90 Å². The zero-order chi connectivity index (χ0) is 12.5. The summed E-state index contributed by atoms with van der Waals surface area (Å²) < 4.78 is 0. The summed E-state index contributed by atoms with van der Waals surface area (Å²) in [5.74, 6) is 0.655. The Morgan fingerprint density at radius 2 is 1.76 bits per heavy atom. The molecular formula is C13H21ClN2O. The number of alkyl halides is 1. The molecule has 0 bridgehead atoms. The van der Waals surface area contributed by atoms with E-state index in [1.54, 1.807) is 0 Å². The molecule has 3 nitrogen and oxygen atoms in total. The van der Waals surface area contributed by atoms with E-state index in [1.807, 2.05) is 18.2 Å². The first-order chi connectivity index (χ1) is 8.27. The number of aliphatic hydroxyl groups excluding tert-OH is 1. The van der Waals surface area contributed by atoms with Gasteiger partial charge in [0.1, 0.15) is 0 Å². The Bertz CT molecular complexity index is 295. The first-order valence-electron chi connectivity index (χ1n) is 5.93. The monoisotopic (exact) mass is 256 g/mol. The van der Waals surface area contributed by atoms with E-state index in [2.05, 4.69) is 29.0 Å². The highest BCUT2D eigenvalue weighted by atomic mass is 35.5. The standard InChI is InChI=1S/C13H21ClN2O/c1-15(8-7-14)9-10-16(11-12-17)13-5-3-2-4-6-13/h2-6,17H,7-12H2,1H3. The summed E-state index contributed by atoms with van der Waals surface area (Å²) in [5.41, 5.74) is 1.15. The van der Waals surface area contributed by atoms with Crippen molar-refractivity contribution in [3.8, 4) is 0 Å². The highest BCUT2D eigenvalue weighted by Crippen LogP contribution is 2.12. The van der Waals surface area contributed by atoms with Gasteiger partial charge in [-0.2, -0.15) is 0 Å². The van der Waals surface area contributed by atoms with E-state index in [-0.39, 0.29) is 6.61 Å². The van der Waals surface area contributed by atoms with E-state index < -0.39 is 0 Å². The third-order valence-electron chi connectivity index (χ3n) is 2.71. The number of nitrogens with zero attached hydrogens (tertiary/aromatic N) is 2. The lowest BCUT2D eigenvalue weighted by atomic mass is 10.3. The molecule has 0 aliphatic heterocycles. The molecule has 0 saturated heterocycles. The van der Waals surface area contributed by atoms with Gasteiger partial charge in [-0.05, 0) is 19.2 Å². The van der Waals surface area contributed by atoms with Crippen LogP contribution in [-0.2, 0) is 0 Å². The number of benzene rings is 1. The van der Waals surface area contributed by atoms with Crippen molar-refractivity contribution in [2.24, 2.45) is 0 Å². The van der Waals surface area contributed by atoms with E-state index in [9.17, 15) is 0 Å². The summed E-state index contributed by atoms with van der Waals surface area (Å²) in [7, 11) is 2.06. The second kappa shape index (κ2) is 8.34.